The van der Waals surface area contributed by atoms with Gasteiger partial charge in [-0.3, -0.25) is 4.79 Å². The zero-order chi connectivity index (χ0) is 10.6. The number of likely N-dealkylation sites (N-methyl/N-ethyl adjacent to an activating group) is 1. The van der Waals surface area contributed by atoms with Crippen molar-refractivity contribution >= 4 is 35.1 Å². The summed E-state index contributed by atoms with van der Waals surface area (Å²) in [4.78, 5) is 12.8. The monoisotopic (exact) mass is 221 g/mol. The molecule has 5 heteroatoms. The lowest BCUT2D eigenvalue weighted by atomic mass is 10.2. The van der Waals surface area contributed by atoms with Crippen LogP contribution in [0.2, 0.25) is 0 Å². The normalized spacial score (nSPS) is 10.8. The summed E-state index contributed by atoms with van der Waals surface area (Å²) in [7, 11) is 1.69. The third-order valence-corrected chi connectivity index (χ3v) is 1.77. The first-order valence-electron chi connectivity index (χ1n) is 3.88. The van der Waals surface area contributed by atoms with Crippen molar-refractivity contribution in [1.82, 2.24) is 4.90 Å². The van der Waals surface area contributed by atoms with Gasteiger partial charge in [0.15, 0.2) is 0 Å². The van der Waals surface area contributed by atoms with Crippen molar-refractivity contribution in [2.24, 2.45) is 0 Å². The van der Waals surface area contributed by atoms with E-state index in [4.69, 9.17) is 17.0 Å². The van der Waals surface area contributed by atoms with E-state index in [9.17, 15) is 4.79 Å². The van der Waals surface area contributed by atoms with Crippen molar-refractivity contribution in [2.75, 3.05) is 13.6 Å². The van der Waals surface area contributed by atoms with E-state index in [1.807, 2.05) is 20.8 Å². The van der Waals surface area contributed by atoms with Gasteiger partial charge in [-0.15, -0.1) is 12.6 Å². The highest BCUT2D eigenvalue weighted by Gasteiger charge is 2.17. The predicted molar refractivity (Wildman–Crippen MR) is 60.1 cm³/mol. The summed E-state index contributed by atoms with van der Waals surface area (Å²) in [6.07, 6.45) is 0. The first-order valence-corrected chi connectivity index (χ1v) is 4.74. The van der Waals surface area contributed by atoms with Crippen LogP contribution in [0.3, 0.4) is 0 Å². The predicted octanol–water partition coefficient (Wildman–Crippen LogP) is 1.47. The fourth-order valence-electron chi connectivity index (χ4n) is 0.635. The summed E-state index contributed by atoms with van der Waals surface area (Å²) in [6, 6.07) is 0. The molecule has 0 atom stereocenters. The van der Waals surface area contributed by atoms with Gasteiger partial charge in [0.1, 0.15) is 16.5 Å². The van der Waals surface area contributed by atoms with Crippen LogP contribution in [0.4, 0.5) is 0 Å². The summed E-state index contributed by atoms with van der Waals surface area (Å²) >= 11 is 8.69. The van der Waals surface area contributed by atoms with Gasteiger partial charge >= 0.3 is 5.97 Å². The van der Waals surface area contributed by atoms with Gasteiger partial charge in [-0.1, -0.05) is 12.2 Å². The van der Waals surface area contributed by atoms with Crippen molar-refractivity contribution in [3.8, 4) is 0 Å². The highest BCUT2D eigenvalue weighted by atomic mass is 32.1. The van der Waals surface area contributed by atoms with E-state index in [1.165, 1.54) is 0 Å². The molecular weight excluding hydrogens is 206 g/mol. The van der Waals surface area contributed by atoms with Crippen molar-refractivity contribution in [2.45, 2.75) is 26.4 Å². The molecule has 0 spiro atoms. The molecule has 13 heavy (non-hydrogen) atoms. The number of thiocarbonyl (C=S) groups is 1. The maximum atomic E-state index is 11.2. The minimum Gasteiger partial charge on any atom is -0.459 e. The molecule has 0 aromatic heterocycles. The number of nitrogens with zero attached hydrogens (tertiary/aromatic N) is 1. The Balaban J connectivity index is 3.96. The average molecular weight is 221 g/mol. The fourth-order valence-corrected chi connectivity index (χ4v) is 0.770. The smallest absolute Gasteiger partial charge is 0.326 e. The molecule has 0 heterocycles. The first-order chi connectivity index (χ1) is 5.72. The topological polar surface area (TPSA) is 29.5 Å². The maximum absolute atomic E-state index is 11.2. The third kappa shape index (κ3) is 6.83. The Morgan fingerprint density at radius 2 is 2.00 bits per heavy atom. The fraction of sp³-hybridized carbons (Fsp3) is 0.750. The van der Waals surface area contributed by atoms with Gasteiger partial charge in [-0.2, -0.15) is 0 Å². The molecule has 0 aliphatic carbocycles. The third-order valence-electron chi connectivity index (χ3n) is 1.11. The molecule has 3 nitrogen and oxygen atoms in total. The Morgan fingerprint density at radius 3 is 2.31 bits per heavy atom. The number of hydrogen-bond donors (Lipinski definition) is 1. The van der Waals surface area contributed by atoms with Crippen molar-refractivity contribution in [1.29, 1.82) is 0 Å². The molecule has 0 aliphatic rings. The summed E-state index contributed by atoms with van der Waals surface area (Å²) in [5.74, 6) is -0.300. The number of hydrogen-bond acceptors (Lipinski definition) is 3. The van der Waals surface area contributed by atoms with Crippen molar-refractivity contribution in [3.05, 3.63) is 0 Å². The molecule has 0 saturated carbocycles. The number of thiol groups is 1. The maximum Gasteiger partial charge on any atom is 0.326 e. The number of carbonyl (C=O) groups excluding carboxylic acids is 1. The lowest BCUT2D eigenvalue weighted by molar-refractivity contribution is -0.154. The van der Waals surface area contributed by atoms with Crippen LogP contribution in [0.15, 0.2) is 0 Å². The highest BCUT2D eigenvalue weighted by Crippen LogP contribution is 2.07. The van der Waals surface area contributed by atoms with E-state index in [0.717, 1.165) is 0 Å². The Morgan fingerprint density at radius 1 is 1.54 bits per heavy atom. The number of ether oxygens (including phenoxy) is 1. The largest absolute Gasteiger partial charge is 0.459 e. The molecule has 0 aliphatic heterocycles. The second-order valence-electron chi connectivity index (χ2n) is 3.73. The van der Waals surface area contributed by atoms with Crippen LogP contribution in [0.5, 0.6) is 0 Å². The molecule has 0 unspecified atom stereocenters. The van der Waals surface area contributed by atoms with E-state index in [-0.39, 0.29) is 12.5 Å². The number of esters is 1. The Hall–Kier alpha value is -0.290. The first kappa shape index (κ1) is 12.7. The molecule has 0 N–H and O–H groups in total. The standard InChI is InChI=1S/C8H15NO2S2/c1-8(2,3)11-6(10)5-9(4)7(12)13/h5H2,1-4H3,(H,12,13). The summed E-state index contributed by atoms with van der Waals surface area (Å²) < 4.78 is 5.46. The lowest BCUT2D eigenvalue weighted by Gasteiger charge is -2.22. The van der Waals surface area contributed by atoms with Crippen LogP contribution in [0.25, 0.3) is 0 Å². The zero-order valence-corrected chi connectivity index (χ0v) is 10.0. The molecular formula is C8H15NO2S2. The van der Waals surface area contributed by atoms with E-state index < -0.39 is 5.60 Å². The molecule has 0 saturated heterocycles. The quantitative estimate of drug-likeness (QED) is 0.434. The molecule has 0 bridgehead atoms. The minimum absolute atomic E-state index is 0.138. The number of carbonyl (C=O) groups is 1. The van der Waals surface area contributed by atoms with Crippen LogP contribution < -0.4 is 0 Å². The van der Waals surface area contributed by atoms with Gasteiger partial charge in [0, 0.05) is 7.05 Å². The van der Waals surface area contributed by atoms with Gasteiger partial charge in [0.25, 0.3) is 0 Å². The Kier molecular flexibility index (Phi) is 4.70. The van der Waals surface area contributed by atoms with Crippen LogP contribution >= 0.6 is 24.8 Å². The van der Waals surface area contributed by atoms with E-state index in [0.29, 0.717) is 4.32 Å². The molecule has 0 fully saturated rings. The van der Waals surface area contributed by atoms with Crippen LogP contribution in [-0.4, -0.2) is 34.4 Å². The van der Waals surface area contributed by atoms with Crippen molar-refractivity contribution in [3.63, 3.8) is 0 Å². The van der Waals surface area contributed by atoms with Crippen LogP contribution in [0.1, 0.15) is 20.8 Å². The van der Waals surface area contributed by atoms with Gasteiger partial charge in [0.2, 0.25) is 0 Å². The SMILES string of the molecule is CN(CC(=O)OC(C)(C)C)C(=S)S. The zero-order valence-electron chi connectivity index (χ0n) is 8.33. The summed E-state index contributed by atoms with van der Waals surface area (Å²) in [6.45, 7) is 5.61. The Labute approximate surface area is 89.8 Å². The van der Waals surface area contributed by atoms with Gasteiger partial charge < -0.3 is 9.64 Å². The lowest BCUT2D eigenvalue weighted by Crippen LogP contribution is -2.33. The van der Waals surface area contributed by atoms with Gasteiger partial charge in [0.05, 0.1) is 0 Å². The highest BCUT2D eigenvalue weighted by molar-refractivity contribution is 8.10. The van der Waals surface area contributed by atoms with Gasteiger partial charge in [-0.05, 0) is 20.8 Å². The van der Waals surface area contributed by atoms with Crippen LogP contribution in [-0.2, 0) is 9.53 Å². The summed E-state index contributed by atoms with van der Waals surface area (Å²) in [5, 5.41) is 0. The van der Waals surface area contributed by atoms with E-state index in [1.54, 1.807) is 11.9 Å². The molecule has 0 amide bonds. The Bertz CT molecular complexity index is 211. The molecule has 76 valence electrons. The number of rotatable bonds is 2. The second-order valence-corrected chi connectivity index (χ2v) is 4.84. The van der Waals surface area contributed by atoms with E-state index in [2.05, 4.69) is 12.6 Å². The summed E-state index contributed by atoms with van der Waals surface area (Å²) in [5.41, 5.74) is -0.448. The molecule has 0 radical (unpaired) electrons. The van der Waals surface area contributed by atoms with Gasteiger partial charge in [-0.25, -0.2) is 0 Å². The minimum atomic E-state index is -0.448. The van der Waals surface area contributed by atoms with Crippen molar-refractivity contribution < 1.29 is 9.53 Å². The molecule has 0 aromatic rings. The second kappa shape index (κ2) is 4.81. The van der Waals surface area contributed by atoms with Crippen LogP contribution in [0, 0.1) is 0 Å². The van der Waals surface area contributed by atoms with E-state index >= 15 is 0 Å². The molecule has 0 aromatic carbocycles. The average Bonchev–Trinajstić information content (AvgIpc) is 1.81. The molecule has 0 rings (SSSR count).